The first kappa shape index (κ1) is 18.0. The van der Waals surface area contributed by atoms with Gasteiger partial charge in [0.25, 0.3) is 0 Å². The van der Waals surface area contributed by atoms with E-state index < -0.39 is 6.10 Å². The molecule has 0 heterocycles. The minimum Gasteiger partial charge on any atom is -0.506 e. The molecule has 2 aromatic carbocycles. The van der Waals surface area contributed by atoms with E-state index in [9.17, 15) is 15.0 Å². The Morgan fingerprint density at radius 2 is 1.88 bits per heavy atom. The van der Waals surface area contributed by atoms with E-state index in [2.05, 4.69) is 48.7 Å². The number of benzene rings is 2. The fourth-order valence-electron chi connectivity index (χ4n) is 2.52. The van der Waals surface area contributed by atoms with Crippen LogP contribution in [-0.2, 0) is 11.2 Å². The number of aliphatic hydroxyl groups excluding tert-OH is 1. The van der Waals surface area contributed by atoms with Gasteiger partial charge in [-0.15, -0.1) is 0 Å². The van der Waals surface area contributed by atoms with E-state index in [0.717, 1.165) is 6.42 Å². The summed E-state index contributed by atoms with van der Waals surface area (Å²) in [6, 6.07) is 13.3. The molecule has 0 radical (unpaired) electrons. The number of aromatic hydroxyl groups is 1. The van der Waals surface area contributed by atoms with Crippen LogP contribution in [0.3, 0.4) is 0 Å². The fraction of sp³-hybridized carbons (Fsp3) is 0.316. The zero-order chi connectivity index (χ0) is 17.5. The number of aryl methyl sites for hydroxylation is 1. The predicted octanol–water partition coefficient (Wildman–Crippen LogP) is 2.52. The predicted molar refractivity (Wildman–Crippen MR) is 95.1 cm³/mol. The molecule has 0 aromatic heterocycles. The van der Waals surface area contributed by atoms with Crippen LogP contribution in [0.4, 0.5) is 5.69 Å². The number of phenols is 1. The second-order valence-electron chi connectivity index (χ2n) is 6.05. The molecule has 0 fully saturated rings. The highest BCUT2D eigenvalue weighted by molar-refractivity contribution is 5.75. The van der Waals surface area contributed by atoms with Crippen molar-refractivity contribution in [2.75, 3.05) is 11.9 Å². The molecule has 0 saturated carbocycles. The van der Waals surface area contributed by atoms with Crippen LogP contribution in [0.15, 0.2) is 42.5 Å². The van der Waals surface area contributed by atoms with Crippen molar-refractivity contribution in [1.82, 2.24) is 5.32 Å². The molecule has 4 N–H and O–H groups in total. The highest BCUT2D eigenvalue weighted by Gasteiger charge is 2.12. The molecule has 5 heteroatoms. The maximum atomic E-state index is 10.5. The second-order valence-corrected chi connectivity index (χ2v) is 6.05. The highest BCUT2D eigenvalue weighted by atomic mass is 16.3. The Morgan fingerprint density at radius 1 is 1.17 bits per heavy atom. The molecular weight excluding hydrogens is 304 g/mol. The van der Waals surface area contributed by atoms with Crippen LogP contribution < -0.4 is 10.6 Å². The van der Waals surface area contributed by atoms with Gasteiger partial charge in [0.05, 0.1) is 11.8 Å². The van der Waals surface area contributed by atoms with E-state index in [1.807, 2.05) is 0 Å². The van der Waals surface area contributed by atoms with Crippen LogP contribution in [0.2, 0.25) is 0 Å². The van der Waals surface area contributed by atoms with E-state index in [0.29, 0.717) is 18.5 Å². The van der Waals surface area contributed by atoms with Gasteiger partial charge >= 0.3 is 0 Å². The Bertz CT molecular complexity index is 671. The molecule has 0 bridgehead atoms. The van der Waals surface area contributed by atoms with E-state index in [-0.39, 0.29) is 17.5 Å². The average molecular weight is 328 g/mol. The second kappa shape index (κ2) is 8.47. The first-order valence-corrected chi connectivity index (χ1v) is 7.99. The van der Waals surface area contributed by atoms with Gasteiger partial charge in [-0.05, 0) is 43.5 Å². The number of phenolic OH excluding ortho intramolecular Hbond substituents is 1. The van der Waals surface area contributed by atoms with Crippen molar-refractivity contribution in [2.45, 2.75) is 32.4 Å². The Morgan fingerprint density at radius 3 is 2.54 bits per heavy atom. The van der Waals surface area contributed by atoms with Crippen molar-refractivity contribution in [3.8, 4) is 5.75 Å². The van der Waals surface area contributed by atoms with Crippen LogP contribution in [0, 0.1) is 6.92 Å². The van der Waals surface area contributed by atoms with Gasteiger partial charge in [0.2, 0.25) is 6.41 Å². The van der Waals surface area contributed by atoms with Gasteiger partial charge in [-0.2, -0.15) is 0 Å². The first-order valence-electron chi connectivity index (χ1n) is 7.99. The monoisotopic (exact) mass is 328 g/mol. The number of carbonyl (C=O) groups is 1. The summed E-state index contributed by atoms with van der Waals surface area (Å²) in [7, 11) is 0. The summed E-state index contributed by atoms with van der Waals surface area (Å²) < 4.78 is 0. The largest absolute Gasteiger partial charge is 0.506 e. The lowest BCUT2D eigenvalue weighted by atomic mass is 10.0. The van der Waals surface area contributed by atoms with E-state index >= 15 is 0 Å². The number of carbonyl (C=O) groups excluding carboxylic acids is 1. The first-order chi connectivity index (χ1) is 11.5. The number of amides is 1. The van der Waals surface area contributed by atoms with Crippen molar-refractivity contribution in [3.63, 3.8) is 0 Å². The molecule has 0 aliphatic carbocycles. The smallest absolute Gasteiger partial charge is 0.211 e. The van der Waals surface area contributed by atoms with Crippen LogP contribution in [0.25, 0.3) is 0 Å². The molecule has 1 amide bonds. The molecule has 2 atom stereocenters. The van der Waals surface area contributed by atoms with Gasteiger partial charge in [0.15, 0.2) is 0 Å². The van der Waals surface area contributed by atoms with Gasteiger partial charge in [0, 0.05) is 12.6 Å². The lowest BCUT2D eigenvalue weighted by molar-refractivity contribution is -0.105. The molecule has 2 rings (SSSR count). The summed E-state index contributed by atoms with van der Waals surface area (Å²) in [5, 5.41) is 25.6. The third kappa shape index (κ3) is 5.08. The van der Waals surface area contributed by atoms with Crippen molar-refractivity contribution in [1.29, 1.82) is 0 Å². The molecule has 0 aliphatic heterocycles. The molecular formula is C19H24N2O3. The zero-order valence-electron chi connectivity index (χ0n) is 14.0. The van der Waals surface area contributed by atoms with Gasteiger partial charge in [-0.25, -0.2) is 0 Å². The maximum Gasteiger partial charge on any atom is 0.211 e. The maximum absolute atomic E-state index is 10.5. The summed E-state index contributed by atoms with van der Waals surface area (Å²) in [4.78, 5) is 10.5. The third-order valence-corrected chi connectivity index (χ3v) is 3.94. The highest BCUT2D eigenvalue weighted by Crippen LogP contribution is 2.26. The Balaban J connectivity index is 1.90. The fourth-order valence-corrected chi connectivity index (χ4v) is 2.52. The minimum atomic E-state index is -0.724. The number of hydrogen-bond acceptors (Lipinski definition) is 4. The lowest BCUT2D eigenvalue weighted by Gasteiger charge is -2.18. The van der Waals surface area contributed by atoms with Crippen LogP contribution in [0.1, 0.15) is 29.7 Å². The number of rotatable bonds is 8. The Labute approximate surface area is 142 Å². The Kier molecular flexibility index (Phi) is 6.35. The minimum absolute atomic E-state index is 0.0289. The number of anilines is 1. The molecule has 128 valence electrons. The standard InChI is InChI=1S/C19H24N2O3/c1-13-3-5-15(6-4-13)9-14(2)20-11-19(24)16-7-8-18(23)17(10-16)21-12-22/h3-8,10,12,14,19-20,23-24H,9,11H2,1-2H3,(H,21,22). The summed E-state index contributed by atoms with van der Waals surface area (Å²) in [6.07, 6.45) is 0.645. The Hall–Kier alpha value is -2.37. The number of aliphatic hydroxyl groups is 1. The number of hydrogen-bond donors (Lipinski definition) is 4. The normalized spacial score (nSPS) is 13.3. The van der Waals surface area contributed by atoms with Crippen molar-refractivity contribution in [3.05, 3.63) is 59.2 Å². The van der Waals surface area contributed by atoms with Crippen molar-refractivity contribution >= 4 is 12.1 Å². The average Bonchev–Trinajstić information content (AvgIpc) is 2.57. The summed E-state index contributed by atoms with van der Waals surface area (Å²) in [6.45, 7) is 4.52. The summed E-state index contributed by atoms with van der Waals surface area (Å²) in [5.41, 5.74) is 3.40. The molecule has 2 unspecified atom stereocenters. The van der Waals surface area contributed by atoms with Gasteiger partial charge in [0.1, 0.15) is 5.75 Å². The van der Waals surface area contributed by atoms with Gasteiger partial charge < -0.3 is 20.8 Å². The van der Waals surface area contributed by atoms with Crippen LogP contribution in [-0.4, -0.2) is 29.2 Å². The van der Waals surface area contributed by atoms with Crippen LogP contribution in [0.5, 0.6) is 5.75 Å². The number of nitrogens with one attached hydrogen (secondary N) is 2. The van der Waals surface area contributed by atoms with Crippen LogP contribution >= 0.6 is 0 Å². The van der Waals surface area contributed by atoms with Gasteiger partial charge in [-0.1, -0.05) is 35.9 Å². The van der Waals surface area contributed by atoms with E-state index in [1.165, 1.54) is 17.2 Å². The molecule has 0 aliphatic rings. The molecule has 0 spiro atoms. The third-order valence-electron chi connectivity index (χ3n) is 3.94. The zero-order valence-corrected chi connectivity index (χ0v) is 14.0. The molecule has 0 saturated heterocycles. The van der Waals surface area contributed by atoms with Crippen molar-refractivity contribution < 1.29 is 15.0 Å². The topological polar surface area (TPSA) is 81.6 Å². The van der Waals surface area contributed by atoms with E-state index in [1.54, 1.807) is 12.1 Å². The lowest BCUT2D eigenvalue weighted by Crippen LogP contribution is -2.32. The SMILES string of the molecule is Cc1ccc(CC(C)NCC(O)c2ccc(O)c(NC=O)c2)cc1. The molecule has 2 aromatic rings. The quantitative estimate of drug-likeness (QED) is 0.443. The van der Waals surface area contributed by atoms with Crippen molar-refractivity contribution in [2.24, 2.45) is 0 Å². The summed E-state index contributed by atoms with van der Waals surface area (Å²) >= 11 is 0. The van der Waals surface area contributed by atoms with Gasteiger partial charge in [-0.3, -0.25) is 4.79 Å². The molecule has 24 heavy (non-hydrogen) atoms. The summed E-state index contributed by atoms with van der Waals surface area (Å²) in [5.74, 6) is -0.0289. The molecule has 5 nitrogen and oxygen atoms in total. The van der Waals surface area contributed by atoms with E-state index in [4.69, 9.17) is 0 Å².